The molecule has 1 unspecified atom stereocenters. The third kappa shape index (κ3) is 3.33. The van der Waals surface area contributed by atoms with Crippen LogP contribution in [0.5, 0.6) is 5.75 Å². The Morgan fingerprint density at radius 1 is 1.08 bits per heavy atom. The molecule has 0 saturated carbocycles. The van der Waals surface area contributed by atoms with E-state index in [0.717, 1.165) is 35.3 Å². The minimum atomic E-state index is -0.236. The van der Waals surface area contributed by atoms with Gasteiger partial charge in [-0.15, -0.1) is 0 Å². The van der Waals surface area contributed by atoms with E-state index in [0.29, 0.717) is 0 Å². The van der Waals surface area contributed by atoms with Crippen molar-refractivity contribution in [1.29, 1.82) is 0 Å². The van der Waals surface area contributed by atoms with E-state index < -0.39 is 0 Å². The largest absolute Gasteiger partial charge is 0.488 e. The van der Waals surface area contributed by atoms with E-state index in [1.54, 1.807) is 18.3 Å². The molecule has 0 spiro atoms. The lowest BCUT2D eigenvalue weighted by atomic mass is 9.93. The average Bonchev–Trinajstić information content (AvgIpc) is 2.69. The van der Waals surface area contributed by atoms with E-state index >= 15 is 0 Å². The van der Waals surface area contributed by atoms with Gasteiger partial charge in [-0.2, -0.15) is 0 Å². The summed E-state index contributed by atoms with van der Waals surface area (Å²) >= 11 is 0. The lowest BCUT2D eigenvalue weighted by molar-refractivity contribution is 0.132. The number of para-hydroxylation sites is 1. The van der Waals surface area contributed by atoms with Crippen LogP contribution in [0.2, 0.25) is 0 Å². The van der Waals surface area contributed by atoms with Crippen molar-refractivity contribution >= 4 is 0 Å². The highest BCUT2D eigenvalue weighted by Gasteiger charge is 2.28. The van der Waals surface area contributed by atoms with Crippen LogP contribution >= 0.6 is 0 Å². The highest BCUT2D eigenvalue weighted by atomic mass is 19.1. The van der Waals surface area contributed by atoms with Gasteiger partial charge in [0, 0.05) is 18.0 Å². The summed E-state index contributed by atoms with van der Waals surface area (Å²) in [6.45, 7) is 0. The molecule has 1 N–H and O–H groups in total. The van der Waals surface area contributed by atoms with Crippen LogP contribution in [0.1, 0.15) is 23.6 Å². The second-order valence-corrected chi connectivity index (χ2v) is 6.58. The van der Waals surface area contributed by atoms with Crippen LogP contribution in [0.4, 0.5) is 4.39 Å². The van der Waals surface area contributed by atoms with Crippen molar-refractivity contribution in [3.05, 3.63) is 83.9 Å². The number of pyridine rings is 1. The molecule has 0 saturated heterocycles. The fourth-order valence-electron chi connectivity index (χ4n) is 3.58. The number of ether oxygens (including phenoxy) is 1. The smallest absolute Gasteiger partial charge is 0.123 e. The number of hydrogen-bond donors (Lipinski definition) is 1. The molecule has 2 atom stereocenters. The fourth-order valence-corrected chi connectivity index (χ4v) is 3.58. The summed E-state index contributed by atoms with van der Waals surface area (Å²) < 4.78 is 19.4. The van der Waals surface area contributed by atoms with Gasteiger partial charge in [0.2, 0.25) is 0 Å². The van der Waals surface area contributed by atoms with Crippen LogP contribution in [0.25, 0.3) is 11.1 Å². The molecule has 3 nitrogen and oxygen atoms in total. The SMILES string of the molecule is CNC(c1cncc(-c2ccc(F)cc2)c1)[C@@H]1CCc2ccccc2O1. The third-order valence-electron chi connectivity index (χ3n) is 4.93. The van der Waals surface area contributed by atoms with Crippen LogP contribution in [0, 0.1) is 5.82 Å². The Hall–Kier alpha value is -2.72. The summed E-state index contributed by atoms with van der Waals surface area (Å²) in [5.74, 6) is 0.729. The van der Waals surface area contributed by atoms with E-state index in [1.807, 2.05) is 31.4 Å². The zero-order valence-electron chi connectivity index (χ0n) is 14.7. The third-order valence-corrected chi connectivity index (χ3v) is 4.93. The maximum atomic E-state index is 13.2. The van der Waals surface area contributed by atoms with Crippen molar-refractivity contribution in [1.82, 2.24) is 10.3 Å². The molecular formula is C22H21FN2O. The minimum Gasteiger partial charge on any atom is -0.488 e. The highest BCUT2D eigenvalue weighted by molar-refractivity contribution is 5.63. The molecule has 0 fully saturated rings. The molecule has 0 aliphatic carbocycles. The van der Waals surface area contributed by atoms with Crippen LogP contribution in [-0.4, -0.2) is 18.1 Å². The molecule has 1 aromatic heterocycles. The second kappa shape index (κ2) is 7.26. The van der Waals surface area contributed by atoms with E-state index in [4.69, 9.17) is 4.74 Å². The van der Waals surface area contributed by atoms with Crippen molar-refractivity contribution in [2.24, 2.45) is 0 Å². The number of aryl methyl sites for hydroxylation is 1. The minimum absolute atomic E-state index is 0.0382. The molecule has 1 aliphatic rings. The van der Waals surface area contributed by atoms with Crippen LogP contribution < -0.4 is 10.1 Å². The first kappa shape index (κ1) is 16.7. The lowest BCUT2D eigenvalue weighted by Crippen LogP contribution is -2.36. The molecule has 1 aliphatic heterocycles. The van der Waals surface area contributed by atoms with Gasteiger partial charge in [0.15, 0.2) is 0 Å². The molecule has 0 radical (unpaired) electrons. The molecule has 132 valence electrons. The van der Waals surface area contributed by atoms with Gasteiger partial charge >= 0.3 is 0 Å². The Morgan fingerprint density at radius 2 is 1.88 bits per heavy atom. The van der Waals surface area contributed by atoms with Crippen LogP contribution in [0.15, 0.2) is 67.0 Å². The van der Waals surface area contributed by atoms with Crippen LogP contribution in [0.3, 0.4) is 0 Å². The first-order valence-electron chi connectivity index (χ1n) is 8.87. The Bertz CT molecular complexity index is 895. The van der Waals surface area contributed by atoms with Crippen molar-refractivity contribution in [2.45, 2.75) is 25.0 Å². The number of aromatic nitrogens is 1. The predicted octanol–water partition coefficient (Wildman–Crippen LogP) is 4.54. The normalized spacial score (nSPS) is 17.2. The summed E-state index contributed by atoms with van der Waals surface area (Å²) in [7, 11) is 1.94. The number of benzene rings is 2. The summed E-state index contributed by atoms with van der Waals surface area (Å²) in [6, 6.07) is 16.8. The quantitative estimate of drug-likeness (QED) is 0.751. The van der Waals surface area contributed by atoms with Gasteiger partial charge in [-0.25, -0.2) is 4.39 Å². The van der Waals surface area contributed by atoms with E-state index in [-0.39, 0.29) is 18.0 Å². The molecule has 3 aromatic rings. The zero-order chi connectivity index (χ0) is 17.9. The Balaban J connectivity index is 1.61. The topological polar surface area (TPSA) is 34.2 Å². The van der Waals surface area contributed by atoms with E-state index in [2.05, 4.69) is 22.4 Å². The van der Waals surface area contributed by atoms with Gasteiger partial charge in [-0.3, -0.25) is 4.98 Å². The number of fused-ring (bicyclic) bond motifs is 1. The maximum Gasteiger partial charge on any atom is 0.123 e. The number of halogens is 1. The molecule has 4 rings (SSSR count). The van der Waals surface area contributed by atoms with E-state index in [9.17, 15) is 4.39 Å². The Labute approximate surface area is 152 Å². The van der Waals surface area contributed by atoms with E-state index in [1.165, 1.54) is 17.7 Å². The van der Waals surface area contributed by atoms with Gasteiger partial charge in [0.05, 0.1) is 6.04 Å². The average molecular weight is 348 g/mol. The highest BCUT2D eigenvalue weighted by Crippen LogP contribution is 2.33. The van der Waals surface area contributed by atoms with Crippen molar-refractivity contribution in [3.8, 4) is 16.9 Å². The second-order valence-electron chi connectivity index (χ2n) is 6.58. The molecule has 0 amide bonds. The van der Waals surface area contributed by atoms with Crippen molar-refractivity contribution < 1.29 is 9.13 Å². The Morgan fingerprint density at radius 3 is 2.69 bits per heavy atom. The number of likely N-dealkylation sites (N-methyl/N-ethyl adjacent to an activating group) is 1. The molecule has 2 aromatic carbocycles. The maximum absolute atomic E-state index is 13.2. The summed E-state index contributed by atoms with van der Waals surface area (Å²) in [5, 5.41) is 3.38. The number of nitrogens with zero attached hydrogens (tertiary/aromatic N) is 1. The Kier molecular flexibility index (Phi) is 4.67. The zero-order valence-corrected chi connectivity index (χ0v) is 14.7. The summed E-state index contributed by atoms with van der Waals surface area (Å²) in [4.78, 5) is 4.40. The number of rotatable bonds is 4. The molecule has 2 heterocycles. The first-order valence-corrected chi connectivity index (χ1v) is 8.87. The van der Waals surface area contributed by atoms with Gasteiger partial charge in [-0.1, -0.05) is 30.3 Å². The fraction of sp³-hybridized carbons (Fsp3) is 0.227. The lowest BCUT2D eigenvalue weighted by Gasteiger charge is -2.32. The molecule has 4 heteroatoms. The molecular weight excluding hydrogens is 327 g/mol. The van der Waals surface area contributed by atoms with Crippen molar-refractivity contribution in [2.75, 3.05) is 7.05 Å². The molecule has 0 bridgehead atoms. The van der Waals surface area contributed by atoms with Gasteiger partial charge in [0.1, 0.15) is 17.7 Å². The van der Waals surface area contributed by atoms with Crippen LogP contribution in [-0.2, 0) is 6.42 Å². The molecule has 26 heavy (non-hydrogen) atoms. The van der Waals surface area contributed by atoms with Gasteiger partial charge in [-0.05, 0) is 60.8 Å². The summed E-state index contributed by atoms with van der Waals surface area (Å²) in [6.07, 6.45) is 5.67. The van der Waals surface area contributed by atoms with Gasteiger partial charge < -0.3 is 10.1 Å². The first-order chi connectivity index (χ1) is 12.7. The standard InChI is InChI=1S/C22H21FN2O/c1-24-22(21-11-8-16-4-2-3-5-20(16)26-21)18-12-17(13-25-14-18)15-6-9-19(23)10-7-15/h2-7,9-10,12-14,21-22,24H,8,11H2,1H3/t21-,22?/m0/s1. The van der Waals surface area contributed by atoms with Gasteiger partial charge in [0.25, 0.3) is 0 Å². The monoisotopic (exact) mass is 348 g/mol. The predicted molar refractivity (Wildman–Crippen MR) is 101 cm³/mol. The van der Waals surface area contributed by atoms with Crippen molar-refractivity contribution in [3.63, 3.8) is 0 Å². The number of hydrogen-bond acceptors (Lipinski definition) is 3. The number of nitrogens with one attached hydrogen (secondary N) is 1. The summed E-state index contributed by atoms with van der Waals surface area (Å²) in [5.41, 5.74) is 4.25.